The van der Waals surface area contributed by atoms with Crippen LogP contribution in [0.5, 0.6) is 5.75 Å². The van der Waals surface area contributed by atoms with Gasteiger partial charge in [-0.1, -0.05) is 23.9 Å². The van der Waals surface area contributed by atoms with E-state index in [2.05, 4.69) is 20.4 Å². The fourth-order valence-electron chi connectivity index (χ4n) is 4.18. The molecule has 1 fully saturated rings. The molecule has 3 aromatic carbocycles. The van der Waals surface area contributed by atoms with Gasteiger partial charge in [0.05, 0.1) is 36.5 Å². The van der Waals surface area contributed by atoms with E-state index in [1.807, 2.05) is 0 Å². The predicted molar refractivity (Wildman–Crippen MR) is 157 cm³/mol. The molecule has 0 spiro atoms. The molecule has 43 heavy (non-hydrogen) atoms. The fourth-order valence-corrected chi connectivity index (χ4v) is 5.04. The van der Waals surface area contributed by atoms with E-state index in [9.17, 15) is 18.4 Å². The number of halogens is 3. The zero-order valence-electron chi connectivity index (χ0n) is 23.0. The highest BCUT2D eigenvalue weighted by molar-refractivity contribution is 8.15. The first-order valence-electron chi connectivity index (χ1n) is 12.9. The van der Waals surface area contributed by atoms with Crippen molar-refractivity contribution < 1.29 is 32.2 Å². The van der Waals surface area contributed by atoms with Gasteiger partial charge in [0.15, 0.2) is 11.0 Å². The average molecular weight is 611 g/mol. The lowest BCUT2D eigenvalue weighted by Crippen LogP contribution is -2.31. The number of nitrogens with zero attached hydrogens (tertiary/aromatic N) is 5. The van der Waals surface area contributed by atoms with E-state index in [4.69, 9.17) is 9.47 Å². The molecular weight excluding hydrogens is 585 g/mol. The van der Waals surface area contributed by atoms with Gasteiger partial charge < -0.3 is 14.8 Å². The van der Waals surface area contributed by atoms with Crippen molar-refractivity contribution >= 4 is 40.2 Å². The summed E-state index contributed by atoms with van der Waals surface area (Å²) in [5.74, 6) is -0.116. The van der Waals surface area contributed by atoms with Gasteiger partial charge in [0.25, 0.3) is 6.43 Å². The number of anilines is 2. The molecule has 0 unspecified atom stereocenters. The number of hydrogen-bond donors (Lipinski definition) is 1. The molecule has 5 rings (SSSR count). The maximum absolute atomic E-state index is 15.0. The molecular formula is C29H25F3N6O4S. The molecule has 14 heteroatoms. The lowest BCUT2D eigenvalue weighted by atomic mass is 10.1. The van der Waals surface area contributed by atoms with Crippen molar-refractivity contribution in [3.05, 3.63) is 83.9 Å². The third-order valence-electron chi connectivity index (χ3n) is 6.24. The van der Waals surface area contributed by atoms with E-state index in [1.165, 1.54) is 28.0 Å². The lowest BCUT2D eigenvalue weighted by molar-refractivity contribution is -0.115. The number of thioether (sulfide) groups is 1. The van der Waals surface area contributed by atoms with Crippen molar-refractivity contribution in [2.24, 2.45) is 4.99 Å². The van der Waals surface area contributed by atoms with Gasteiger partial charge in [0, 0.05) is 11.1 Å². The number of methoxy groups -OCH3 is 1. The van der Waals surface area contributed by atoms with Crippen LogP contribution in [0.2, 0.25) is 0 Å². The summed E-state index contributed by atoms with van der Waals surface area (Å²) >= 11 is 1.03. The molecule has 222 valence electrons. The van der Waals surface area contributed by atoms with E-state index >= 15 is 4.39 Å². The van der Waals surface area contributed by atoms with Crippen LogP contribution in [0.1, 0.15) is 11.1 Å². The van der Waals surface area contributed by atoms with Gasteiger partial charge in [-0.05, 0) is 61.0 Å². The van der Waals surface area contributed by atoms with Crippen LogP contribution in [-0.4, -0.2) is 57.8 Å². The molecule has 0 saturated carbocycles. The van der Waals surface area contributed by atoms with Gasteiger partial charge in [0.2, 0.25) is 5.91 Å². The monoisotopic (exact) mass is 610 g/mol. The van der Waals surface area contributed by atoms with Gasteiger partial charge in [-0.2, -0.15) is 4.99 Å². The molecule has 1 aliphatic rings. The summed E-state index contributed by atoms with van der Waals surface area (Å²) in [6, 6.07) is 15.5. The molecule has 0 radical (unpaired) electrons. The number of alkyl halides is 2. The number of aromatic nitrogens is 3. The predicted octanol–water partition coefficient (Wildman–Crippen LogP) is 5.84. The number of aliphatic imine (C=N–C) groups is 1. The van der Waals surface area contributed by atoms with Gasteiger partial charge in [-0.25, -0.2) is 27.6 Å². The highest BCUT2D eigenvalue weighted by Gasteiger charge is 2.32. The van der Waals surface area contributed by atoms with Gasteiger partial charge in [0.1, 0.15) is 24.5 Å². The molecule has 0 atom stereocenters. The van der Waals surface area contributed by atoms with E-state index in [1.54, 1.807) is 62.6 Å². The van der Waals surface area contributed by atoms with Crippen molar-refractivity contribution in [3.63, 3.8) is 0 Å². The van der Waals surface area contributed by atoms with Crippen molar-refractivity contribution in [3.8, 4) is 22.8 Å². The maximum atomic E-state index is 15.0. The van der Waals surface area contributed by atoms with Crippen LogP contribution in [0.4, 0.5) is 29.3 Å². The molecule has 0 aliphatic carbocycles. The Labute approximate surface area is 248 Å². The number of rotatable bonds is 9. The minimum atomic E-state index is -2.64. The third kappa shape index (κ3) is 7.04. The van der Waals surface area contributed by atoms with Crippen molar-refractivity contribution in [2.45, 2.75) is 20.0 Å². The Morgan fingerprint density at radius 1 is 1.14 bits per heavy atom. The average Bonchev–Trinajstić information content (AvgIpc) is 3.62. The van der Waals surface area contributed by atoms with Crippen LogP contribution in [-0.2, 0) is 16.1 Å². The highest BCUT2D eigenvalue weighted by Crippen LogP contribution is 2.31. The summed E-state index contributed by atoms with van der Waals surface area (Å²) in [6.07, 6.45) is -1.14. The zero-order chi connectivity index (χ0) is 30.5. The Bertz CT molecular complexity index is 1680. The first-order chi connectivity index (χ1) is 20.7. The number of ether oxygens (including phenoxy) is 2. The SMILES string of the molecule is COc1ccc(-n2cnc(-c3ccc(NC(=O)/N=C4\SCC(=O)N4c4cc(C)ccc4COCC(F)F)c(F)c3)n2)cc1. The highest BCUT2D eigenvalue weighted by atomic mass is 32.2. The number of benzene rings is 3. The standard InChI is InChI=1S/C29H25F3N6O4S/c1-17-3-4-19(13-42-14-25(31)32)24(11-17)38-26(39)15-43-29(38)35-28(40)34-23-10-5-18(12-22(23)30)27-33-16-37(36-27)20-6-8-21(41-2)9-7-20/h3-12,16,25H,13-15H2,1-2H3,(H,34,40)/b35-29-. The van der Waals surface area contributed by atoms with E-state index in [-0.39, 0.29) is 34.9 Å². The van der Waals surface area contributed by atoms with Gasteiger partial charge in [-0.3, -0.25) is 9.69 Å². The number of urea groups is 1. The molecule has 2 heterocycles. The van der Waals surface area contributed by atoms with Crippen LogP contribution in [0, 0.1) is 12.7 Å². The smallest absolute Gasteiger partial charge is 0.347 e. The van der Waals surface area contributed by atoms with Crippen LogP contribution in [0.25, 0.3) is 17.1 Å². The summed E-state index contributed by atoms with van der Waals surface area (Å²) < 4.78 is 51.9. The molecule has 0 bridgehead atoms. The molecule has 1 saturated heterocycles. The lowest BCUT2D eigenvalue weighted by Gasteiger charge is -2.20. The van der Waals surface area contributed by atoms with E-state index < -0.39 is 24.9 Å². The molecule has 4 aromatic rings. The summed E-state index contributed by atoms with van der Waals surface area (Å²) in [5, 5.41) is 6.86. The molecule has 3 amide bonds. The van der Waals surface area contributed by atoms with Crippen molar-refractivity contribution in [2.75, 3.05) is 29.7 Å². The number of amidine groups is 1. The Morgan fingerprint density at radius 2 is 1.93 bits per heavy atom. The number of hydrogen-bond acceptors (Lipinski definition) is 7. The Hall–Kier alpha value is -4.69. The summed E-state index contributed by atoms with van der Waals surface area (Å²) in [7, 11) is 1.57. The molecule has 1 N–H and O–H groups in total. The molecule has 10 nitrogen and oxygen atoms in total. The van der Waals surface area contributed by atoms with Crippen LogP contribution < -0.4 is 15.0 Å². The Morgan fingerprint density at radius 3 is 2.65 bits per heavy atom. The number of amides is 3. The topological polar surface area (TPSA) is 111 Å². The fraction of sp³-hybridized carbons (Fsp3) is 0.207. The quantitative estimate of drug-likeness (QED) is 0.254. The van der Waals surface area contributed by atoms with Gasteiger partial charge >= 0.3 is 6.03 Å². The number of carbonyl (C=O) groups is 2. The Balaban J connectivity index is 1.31. The van der Waals surface area contributed by atoms with Crippen LogP contribution >= 0.6 is 11.8 Å². The van der Waals surface area contributed by atoms with Gasteiger partial charge in [-0.15, -0.1) is 5.10 Å². The van der Waals surface area contributed by atoms with Crippen LogP contribution in [0.15, 0.2) is 72.0 Å². The second-order valence-electron chi connectivity index (χ2n) is 9.29. The Kier molecular flexibility index (Phi) is 9.07. The summed E-state index contributed by atoms with van der Waals surface area (Å²) in [5.41, 5.74) is 2.63. The minimum Gasteiger partial charge on any atom is -0.497 e. The van der Waals surface area contributed by atoms with Crippen molar-refractivity contribution in [1.29, 1.82) is 0 Å². The van der Waals surface area contributed by atoms with E-state index in [0.29, 0.717) is 22.6 Å². The number of carbonyl (C=O) groups excluding carboxylic acids is 2. The minimum absolute atomic E-state index is 0.0105. The molecule has 1 aromatic heterocycles. The van der Waals surface area contributed by atoms with Crippen LogP contribution in [0.3, 0.4) is 0 Å². The number of nitrogens with one attached hydrogen (secondary N) is 1. The zero-order valence-corrected chi connectivity index (χ0v) is 23.8. The maximum Gasteiger partial charge on any atom is 0.347 e. The third-order valence-corrected chi connectivity index (χ3v) is 7.17. The largest absolute Gasteiger partial charge is 0.497 e. The summed E-state index contributed by atoms with van der Waals surface area (Å²) in [4.78, 5) is 35.1. The normalized spacial score (nSPS) is 14.1. The summed E-state index contributed by atoms with van der Waals surface area (Å²) in [6.45, 7) is 0.874. The second kappa shape index (κ2) is 13.1. The van der Waals surface area contributed by atoms with E-state index in [0.717, 1.165) is 23.0 Å². The molecule has 1 aliphatic heterocycles. The first-order valence-corrected chi connectivity index (χ1v) is 13.9. The van der Waals surface area contributed by atoms with Crippen molar-refractivity contribution in [1.82, 2.24) is 14.8 Å². The second-order valence-corrected chi connectivity index (χ2v) is 10.2. The first kappa shape index (κ1) is 29.8. The number of aryl methyl sites for hydroxylation is 1.